The molecule has 1 N–H and O–H groups in total. The van der Waals surface area contributed by atoms with Gasteiger partial charge >= 0.3 is 0 Å². The molecule has 0 radical (unpaired) electrons. The van der Waals surface area contributed by atoms with E-state index in [1.165, 1.54) is 12.1 Å². The minimum absolute atomic E-state index is 0.236. The summed E-state index contributed by atoms with van der Waals surface area (Å²) in [5.41, 5.74) is 5.31. The van der Waals surface area contributed by atoms with E-state index in [9.17, 15) is 4.39 Å². The third-order valence-corrected chi connectivity index (χ3v) is 10.2. The van der Waals surface area contributed by atoms with Crippen LogP contribution in [0.25, 0.3) is 11.3 Å². The number of H-pyrrole nitrogens is 1. The molecule has 3 aromatic rings. The van der Waals surface area contributed by atoms with Crippen LogP contribution < -0.4 is 0 Å². The predicted molar refractivity (Wildman–Crippen MR) is 128 cm³/mol. The van der Waals surface area contributed by atoms with Gasteiger partial charge in [-0.3, -0.25) is 4.98 Å². The number of benzene rings is 1. The molecule has 160 valence electrons. The summed E-state index contributed by atoms with van der Waals surface area (Å²) in [6.45, 7) is 11.8. The zero-order valence-corrected chi connectivity index (χ0v) is 20.9. The van der Waals surface area contributed by atoms with E-state index < -0.39 is 8.07 Å². The molecule has 0 saturated heterocycles. The molecular weight excluding hydrogens is 459 g/mol. The molecule has 0 amide bonds. The Morgan fingerprint density at radius 3 is 2.30 bits per heavy atom. The maximum absolute atomic E-state index is 13.5. The van der Waals surface area contributed by atoms with Crippen LogP contribution in [0.15, 0.2) is 53.3 Å². The third-order valence-electron chi connectivity index (χ3n) is 5.91. The molecule has 2 heterocycles. The van der Waals surface area contributed by atoms with E-state index in [0.717, 1.165) is 45.4 Å². The van der Waals surface area contributed by atoms with E-state index in [0.29, 0.717) is 6.61 Å². The summed E-state index contributed by atoms with van der Waals surface area (Å²) >= 11 is 3.81. The Morgan fingerprint density at radius 2 is 1.73 bits per heavy atom. The van der Waals surface area contributed by atoms with E-state index in [1.54, 1.807) is 0 Å². The third kappa shape index (κ3) is 4.61. The number of hydrogen-bond acceptors (Lipinski definition) is 2. The molecule has 0 saturated carbocycles. The number of nitrogens with zero attached hydrogens (tertiary/aromatic N) is 1. The highest BCUT2D eigenvalue weighted by molar-refractivity contribution is 9.10. The van der Waals surface area contributed by atoms with Crippen LogP contribution in [0, 0.1) is 5.82 Å². The number of nitrogens with one attached hydrogen (secondary N) is 1. The largest absolute Gasteiger partial charge is 0.369 e. The summed E-state index contributed by atoms with van der Waals surface area (Å²) in [6.07, 6.45) is 5.62. The fourth-order valence-electron chi connectivity index (χ4n) is 3.61. The Balaban J connectivity index is 2.01. The quantitative estimate of drug-likeness (QED) is 0.339. The highest BCUT2D eigenvalue weighted by atomic mass is 79.9. The van der Waals surface area contributed by atoms with Crippen molar-refractivity contribution < 1.29 is 9.13 Å². The van der Waals surface area contributed by atoms with Crippen molar-refractivity contribution in [1.82, 2.24) is 9.97 Å². The topological polar surface area (TPSA) is 37.9 Å². The molecule has 1 aromatic carbocycles. The van der Waals surface area contributed by atoms with Gasteiger partial charge in [0.2, 0.25) is 0 Å². The predicted octanol–water partition coefficient (Wildman–Crippen LogP) is 7.24. The molecular formula is C24H30BrFN2OSi. The van der Waals surface area contributed by atoms with Crippen molar-refractivity contribution in [3.8, 4) is 11.3 Å². The van der Waals surface area contributed by atoms with Crippen LogP contribution >= 0.6 is 15.9 Å². The van der Waals surface area contributed by atoms with Crippen molar-refractivity contribution in [3.05, 3.63) is 75.9 Å². The van der Waals surface area contributed by atoms with Gasteiger partial charge in [0.05, 0.1) is 25.6 Å². The smallest absolute Gasteiger partial charge is 0.123 e. The molecule has 6 heteroatoms. The van der Waals surface area contributed by atoms with Gasteiger partial charge in [0.25, 0.3) is 0 Å². The molecule has 30 heavy (non-hydrogen) atoms. The molecule has 1 unspecified atom stereocenters. The number of rotatable bonds is 8. The lowest BCUT2D eigenvalue weighted by Gasteiger charge is -2.41. The summed E-state index contributed by atoms with van der Waals surface area (Å²) < 4.78 is 21.3. The van der Waals surface area contributed by atoms with Crippen molar-refractivity contribution in [2.24, 2.45) is 0 Å². The van der Waals surface area contributed by atoms with Gasteiger partial charge in [0.15, 0.2) is 0 Å². The molecule has 3 nitrogen and oxygen atoms in total. The molecule has 0 fully saturated rings. The van der Waals surface area contributed by atoms with Crippen LogP contribution in [0.5, 0.6) is 0 Å². The maximum atomic E-state index is 13.5. The maximum Gasteiger partial charge on any atom is 0.123 e. The minimum Gasteiger partial charge on any atom is -0.369 e. The fraction of sp³-hybridized carbons (Fsp3) is 0.375. The first-order valence-electron chi connectivity index (χ1n) is 10.4. The second-order valence-electron chi connectivity index (χ2n) is 8.84. The standard InChI is InChI=1S/C24H30BrFN2OSi/c1-6-7-21-22(25)20(23(28-21)17-8-10-19(26)11-9-17)16-29-24(2,30(3,4)5)18-12-14-27-15-13-18/h8-15,28H,6-7,16H2,1-5H3. The zero-order chi connectivity index (χ0) is 21.9. The molecule has 0 aliphatic carbocycles. The van der Waals surface area contributed by atoms with Crippen molar-refractivity contribution in [2.75, 3.05) is 0 Å². The zero-order valence-electron chi connectivity index (χ0n) is 18.4. The number of aromatic amines is 1. The van der Waals surface area contributed by atoms with Gasteiger partial charge in [-0.2, -0.15) is 0 Å². The molecule has 1 atom stereocenters. The summed E-state index contributed by atoms with van der Waals surface area (Å²) in [5, 5.41) is -0.377. The number of ether oxygens (including phenoxy) is 1. The van der Waals surface area contributed by atoms with Crippen LogP contribution in [-0.4, -0.2) is 18.0 Å². The molecule has 0 spiro atoms. The van der Waals surface area contributed by atoms with Gasteiger partial charge < -0.3 is 9.72 Å². The van der Waals surface area contributed by atoms with Crippen LogP contribution in [0.4, 0.5) is 4.39 Å². The Morgan fingerprint density at radius 1 is 1.10 bits per heavy atom. The molecule has 3 rings (SSSR count). The second-order valence-corrected chi connectivity index (χ2v) is 15.1. The van der Waals surface area contributed by atoms with E-state index >= 15 is 0 Å². The number of hydrogen-bond donors (Lipinski definition) is 1. The minimum atomic E-state index is -1.76. The van der Waals surface area contributed by atoms with Gasteiger partial charge in [-0.15, -0.1) is 0 Å². The lowest BCUT2D eigenvalue weighted by molar-refractivity contribution is 0.00753. The first kappa shape index (κ1) is 22.9. The summed E-state index contributed by atoms with van der Waals surface area (Å²) in [7, 11) is -1.76. The first-order chi connectivity index (χ1) is 14.2. The summed E-state index contributed by atoms with van der Waals surface area (Å²) in [6, 6.07) is 10.7. The van der Waals surface area contributed by atoms with Crippen LogP contribution in [0.2, 0.25) is 19.6 Å². The fourth-order valence-corrected chi connectivity index (χ4v) is 5.76. The van der Waals surface area contributed by atoms with Crippen molar-refractivity contribution in [2.45, 2.75) is 58.2 Å². The number of aryl methyl sites for hydroxylation is 1. The lowest BCUT2D eigenvalue weighted by Crippen LogP contribution is -2.49. The Bertz CT molecular complexity index is 983. The Kier molecular flexibility index (Phi) is 7.00. The highest BCUT2D eigenvalue weighted by Gasteiger charge is 2.42. The summed E-state index contributed by atoms with van der Waals surface area (Å²) in [4.78, 5) is 7.73. The Hall–Kier alpha value is -1.76. The molecule has 0 bridgehead atoms. The van der Waals surface area contributed by atoms with Crippen LogP contribution in [0.3, 0.4) is 0 Å². The van der Waals surface area contributed by atoms with Gasteiger partial charge in [-0.25, -0.2) is 4.39 Å². The van der Waals surface area contributed by atoms with Crippen molar-refractivity contribution >= 4 is 24.0 Å². The van der Waals surface area contributed by atoms with Gasteiger partial charge in [-0.1, -0.05) is 33.0 Å². The normalized spacial score (nSPS) is 14.0. The number of halogens is 2. The summed E-state index contributed by atoms with van der Waals surface area (Å²) in [5.74, 6) is -0.236. The lowest BCUT2D eigenvalue weighted by atomic mass is 10.1. The van der Waals surface area contributed by atoms with Crippen molar-refractivity contribution in [1.29, 1.82) is 0 Å². The van der Waals surface area contributed by atoms with E-state index in [2.05, 4.69) is 59.4 Å². The van der Waals surface area contributed by atoms with Crippen molar-refractivity contribution in [3.63, 3.8) is 0 Å². The second kappa shape index (κ2) is 9.16. The number of pyridine rings is 1. The number of aromatic nitrogens is 2. The first-order valence-corrected chi connectivity index (χ1v) is 14.7. The SMILES string of the molecule is CCCc1[nH]c(-c2ccc(F)cc2)c(COC(C)(c2ccncc2)[Si](C)(C)C)c1Br. The van der Waals surface area contributed by atoms with Crippen LogP contribution in [0.1, 0.15) is 37.1 Å². The molecule has 2 aromatic heterocycles. The van der Waals surface area contributed by atoms with Gasteiger partial charge in [-0.05, 0) is 76.8 Å². The average molecular weight is 490 g/mol. The van der Waals surface area contributed by atoms with Crippen LogP contribution in [-0.2, 0) is 23.0 Å². The van der Waals surface area contributed by atoms with Gasteiger partial charge in [0, 0.05) is 28.1 Å². The average Bonchev–Trinajstić information content (AvgIpc) is 3.02. The molecule has 0 aliphatic heterocycles. The highest BCUT2D eigenvalue weighted by Crippen LogP contribution is 2.39. The van der Waals surface area contributed by atoms with E-state index in [4.69, 9.17) is 4.74 Å². The monoisotopic (exact) mass is 488 g/mol. The van der Waals surface area contributed by atoms with E-state index in [-0.39, 0.29) is 11.0 Å². The van der Waals surface area contributed by atoms with E-state index in [1.807, 2.05) is 36.7 Å². The Labute approximate surface area is 188 Å². The van der Waals surface area contributed by atoms with Gasteiger partial charge in [0.1, 0.15) is 5.82 Å². The molecule has 0 aliphatic rings.